The van der Waals surface area contributed by atoms with E-state index >= 15 is 0 Å². The molecule has 2 atom stereocenters. The molecule has 184 valence electrons. The first-order valence-corrected chi connectivity index (χ1v) is 11.3. The van der Waals surface area contributed by atoms with Crippen LogP contribution >= 0.6 is 11.8 Å². The third-order valence-electron chi connectivity index (χ3n) is 5.27. The molecule has 3 rings (SSSR count). The molecule has 0 saturated heterocycles. The number of anilines is 1. The minimum atomic E-state index is -4.57. The van der Waals surface area contributed by atoms with E-state index in [9.17, 15) is 22.8 Å². The second kappa shape index (κ2) is 10.6. The van der Waals surface area contributed by atoms with Crippen LogP contribution in [0.2, 0.25) is 0 Å². The number of hydrogen-bond acceptors (Lipinski definition) is 6. The summed E-state index contributed by atoms with van der Waals surface area (Å²) >= 11 is 1.18. The Labute approximate surface area is 200 Å². The van der Waals surface area contributed by atoms with Crippen LogP contribution in [0.3, 0.4) is 0 Å². The minimum Gasteiger partial charge on any atom is -0.497 e. The zero-order valence-corrected chi connectivity index (χ0v) is 20.0. The Morgan fingerprint density at radius 1 is 1.18 bits per heavy atom. The van der Waals surface area contributed by atoms with Crippen LogP contribution in [0.25, 0.3) is 0 Å². The van der Waals surface area contributed by atoms with Crippen molar-refractivity contribution in [2.75, 3.05) is 46.2 Å². The van der Waals surface area contributed by atoms with E-state index in [0.29, 0.717) is 22.8 Å². The van der Waals surface area contributed by atoms with Gasteiger partial charge in [-0.15, -0.1) is 11.8 Å². The fourth-order valence-electron chi connectivity index (χ4n) is 3.46. The highest BCUT2D eigenvalue weighted by Crippen LogP contribution is 2.48. The molecule has 0 radical (unpaired) electrons. The van der Waals surface area contributed by atoms with Gasteiger partial charge < -0.3 is 24.6 Å². The maximum atomic E-state index is 13.7. The van der Waals surface area contributed by atoms with E-state index in [1.165, 1.54) is 36.9 Å². The molecule has 0 bridgehead atoms. The predicted octanol–water partition coefficient (Wildman–Crippen LogP) is 4.18. The van der Waals surface area contributed by atoms with Crippen molar-refractivity contribution < 1.29 is 32.2 Å². The van der Waals surface area contributed by atoms with E-state index < -0.39 is 35.1 Å². The molecule has 1 N–H and O–H groups in total. The lowest BCUT2D eigenvalue weighted by Gasteiger charge is -2.28. The van der Waals surface area contributed by atoms with Gasteiger partial charge in [-0.3, -0.25) is 4.79 Å². The number of benzene rings is 2. The summed E-state index contributed by atoms with van der Waals surface area (Å²) in [5.74, 6) is -0.00265. The summed E-state index contributed by atoms with van der Waals surface area (Å²) in [5.41, 5.74) is -0.0669. The number of likely N-dealkylation sites (N-methyl/N-ethyl adjacent to an activating group) is 1. The molecule has 1 heterocycles. The standard InChI is InChI=1S/C23H26F3N3O4S/c1-27-22(31)33-19-20(14-5-8-16(32-4)9-6-14)34-18-10-7-15(23(24,25)26)13-17(18)29(21(19)30)12-11-28(2)3/h5-10,13,19-20H,11-12H2,1-4H3,(H,27,31)/t19-,20+/m0/s1. The number of carbonyl (C=O) groups is 2. The van der Waals surface area contributed by atoms with Crippen LogP contribution in [0.5, 0.6) is 5.75 Å². The highest BCUT2D eigenvalue weighted by atomic mass is 32.2. The fourth-order valence-corrected chi connectivity index (χ4v) is 4.76. The van der Waals surface area contributed by atoms with Crippen molar-refractivity contribution in [3.8, 4) is 5.75 Å². The molecule has 7 nitrogen and oxygen atoms in total. The summed E-state index contributed by atoms with van der Waals surface area (Å²) < 4.78 is 51.2. The molecular weight excluding hydrogens is 471 g/mol. The van der Waals surface area contributed by atoms with Crippen molar-refractivity contribution in [2.45, 2.75) is 22.4 Å². The van der Waals surface area contributed by atoms with Crippen LogP contribution in [0.4, 0.5) is 23.7 Å². The van der Waals surface area contributed by atoms with Crippen LogP contribution in [-0.4, -0.2) is 64.3 Å². The highest BCUT2D eigenvalue weighted by Gasteiger charge is 2.42. The number of thioether (sulfide) groups is 1. The Morgan fingerprint density at radius 3 is 2.41 bits per heavy atom. The fraction of sp³-hybridized carbons (Fsp3) is 0.391. The van der Waals surface area contributed by atoms with Gasteiger partial charge in [-0.2, -0.15) is 13.2 Å². The summed E-state index contributed by atoms with van der Waals surface area (Å²) in [6.07, 6.45) is -6.66. The van der Waals surface area contributed by atoms with Gasteiger partial charge in [0.25, 0.3) is 5.91 Å². The summed E-state index contributed by atoms with van der Waals surface area (Å²) in [5, 5.41) is 1.64. The Kier molecular flexibility index (Phi) is 7.98. The summed E-state index contributed by atoms with van der Waals surface area (Å²) in [7, 11) is 6.48. The van der Waals surface area contributed by atoms with Gasteiger partial charge in [0.2, 0.25) is 0 Å². The molecule has 0 spiro atoms. The Bertz CT molecular complexity index is 1030. The Balaban J connectivity index is 2.15. The predicted molar refractivity (Wildman–Crippen MR) is 123 cm³/mol. The first kappa shape index (κ1) is 25.7. The lowest BCUT2D eigenvalue weighted by Crippen LogP contribution is -2.46. The van der Waals surface area contributed by atoms with Crippen molar-refractivity contribution in [1.29, 1.82) is 0 Å². The number of hydrogen-bond donors (Lipinski definition) is 1. The van der Waals surface area contributed by atoms with Crippen molar-refractivity contribution in [3.05, 3.63) is 53.6 Å². The van der Waals surface area contributed by atoms with Gasteiger partial charge in [-0.1, -0.05) is 12.1 Å². The smallest absolute Gasteiger partial charge is 0.416 e. The molecule has 0 aliphatic carbocycles. The van der Waals surface area contributed by atoms with Gasteiger partial charge in [-0.05, 0) is 50.0 Å². The molecule has 1 aliphatic heterocycles. The lowest BCUT2D eigenvalue weighted by molar-refractivity contribution is -0.137. The zero-order valence-electron chi connectivity index (χ0n) is 19.2. The maximum Gasteiger partial charge on any atom is 0.416 e. The first-order chi connectivity index (χ1) is 16.0. The quantitative estimate of drug-likeness (QED) is 0.646. The molecule has 1 aliphatic rings. The van der Waals surface area contributed by atoms with E-state index in [2.05, 4.69) is 5.32 Å². The van der Waals surface area contributed by atoms with Crippen LogP contribution in [0, 0.1) is 0 Å². The number of nitrogens with zero attached hydrogens (tertiary/aromatic N) is 2. The van der Waals surface area contributed by atoms with Crippen molar-refractivity contribution in [2.24, 2.45) is 0 Å². The molecule has 0 saturated carbocycles. The molecule has 34 heavy (non-hydrogen) atoms. The zero-order chi connectivity index (χ0) is 25.0. The molecular formula is C23H26F3N3O4S. The number of nitrogens with one attached hydrogen (secondary N) is 1. The van der Waals surface area contributed by atoms with Crippen molar-refractivity contribution >= 4 is 29.4 Å². The second-order valence-electron chi connectivity index (χ2n) is 7.86. The molecule has 0 aromatic heterocycles. The average Bonchev–Trinajstić information content (AvgIpc) is 2.91. The van der Waals surface area contributed by atoms with E-state index in [0.717, 1.165) is 12.1 Å². The SMILES string of the molecule is CNC(=O)O[C@@H]1C(=O)N(CCN(C)C)c2cc(C(F)(F)F)ccc2S[C@@H]1c1ccc(OC)cc1. The lowest BCUT2D eigenvalue weighted by atomic mass is 10.1. The number of fused-ring (bicyclic) bond motifs is 1. The van der Waals surface area contributed by atoms with Crippen LogP contribution in [0.15, 0.2) is 47.4 Å². The number of alkyl carbamates (subject to hydrolysis) is 1. The number of methoxy groups -OCH3 is 1. The highest BCUT2D eigenvalue weighted by molar-refractivity contribution is 7.99. The van der Waals surface area contributed by atoms with E-state index in [-0.39, 0.29) is 12.2 Å². The second-order valence-corrected chi connectivity index (χ2v) is 9.04. The molecule has 0 fully saturated rings. The molecule has 2 aromatic carbocycles. The molecule has 2 amide bonds. The first-order valence-electron chi connectivity index (χ1n) is 10.4. The van der Waals surface area contributed by atoms with Gasteiger partial charge in [0.1, 0.15) is 5.75 Å². The summed E-state index contributed by atoms with van der Waals surface area (Å²) in [4.78, 5) is 29.4. The van der Waals surface area contributed by atoms with Gasteiger partial charge in [0, 0.05) is 25.0 Å². The van der Waals surface area contributed by atoms with Crippen LogP contribution in [-0.2, 0) is 15.7 Å². The third kappa shape index (κ3) is 5.76. The number of alkyl halides is 3. The van der Waals surface area contributed by atoms with E-state index in [4.69, 9.17) is 9.47 Å². The van der Waals surface area contributed by atoms with Gasteiger partial charge in [0.15, 0.2) is 6.10 Å². The minimum absolute atomic E-state index is 0.115. The van der Waals surface area contributed by atoms with E-state index in [1.54, 1.807) is 38.4 Å². The Morgan fingerprint density at radius 2 is 1.85 bits per heavy atom. The Hall–Kier alpha value is -2.92. The van der Waals surface area contributed by atoms with Crippen LogP contribution in [0.1, 0.15) is 16.4 Å². The number of amides is 2. The van der Waals surface area contributed by atoms with Crippen molar-refractivity contribution in [1.82, 2.24) is 10.2 Å². The third-order valence-corrected chi connectivity index (χ3v) is 6.64. The number of ether oxygens (including phenoxy) is 2. The summed E-state index contributed by atoms with van der Waals surface area (Å²) in [6, 6.07) is 10.2. The number of carbonyl (C=O) groups excluding carboxylic acids is 2. The summed E-state index contributed by atoms with van der Waals surface area (Å²) in [6.45, 7) is 0.510. The van der Waals surface area contributed by atoms with Gasteiger partial charge in [-0.25, -0.2) is 4.79 Å². The molecule has 11 heteroatoms. The maximum absolute atomic E-state index is 13.7. The normalized spacial score (nSPS) is 18.4. The average molecular weight is 498 g/mol. The van der Waals surface area contributed by atoms with E-state index in [1.807, 2.05) is 4.90 Å². The van der Waals surface area contributed by atoms with Crippen LogP contribution < -0.4 is 15.0 Å². The van der Waals surface area contributed by atoms with Crippen molar-refractivity contribution in [3.63, 3.8) is 0 Å². The molecule has 0 unspecified atom stereocenters. The number of rotatable bonds is 6. The monoisotopic (exact) mass is 497 g/mol. The largest absolute Gasteiger partial charge is 0.497 e. The van der Waals surface area contributed by atoms with Gasteiger partial charge in [0.05, 0.1) is 23.6 Å². The number of halogens is 3. The molecule has 2 aromatic rings. The topological polar surface area (TPSA) is 71.1 Å². The van der Waals surface area contributed by atoms with Gasteiger partial charge >= 0.3 is 12.3 Å².